The van der Waals surface area contributed by atoms with Gasteiger partial charge in [-0.3, -0.25) is 4.79 Å². The van der Waals surface area contributed by atoms with Crippen molar-refractivity contribution < 1.29 is 4.79 Å². The van der Waals surface area contributed by atoms with E-state index in [1.165, 1.54) is 0 Å². The van der Waals surface area contributed by atoms with Crippen LogP contribution in [0.2, 0.25) is 0 Å². The number of carbonyl (C=O) groups excluding carboxylic acids is 1. The van der Waals surface area contributed by atoms with E-state index < -0.39 is 5.54 Å². The molecule has 3 heteroatoms. The van der Waals surface area contributed by atoms with Crippen molar-refractivity contribution in [1.29, 1.82) is 0 Å². The van der Waals surface area contributed by atoms with E-state index in [4.69, 9.17) is 0 Å². The van der Waals surface area contributed by atoms with Gasteiger partial charge in [0.25, 0.3) is 0 Å². The molecule has 2 N–H and O–H groups in total. The fraction of sp³-hybridized carbons (Fsp3) is 0.625. The molecule has 1 unspecified atom stereocenters. The fourth-order valence-corrected chi connectivity index (χ4v) is 1.24. The van der Waals surface area contributed by atoms with E-state index in [0.717, 1.165) is 13.1 Å². The first-order valence-electron chi connectivity index (χ1n) is 3.83. The van der Waals surface area contributed by atoms with Gasteiger partial charge in [0.05, 0.1) is 5.54 Å². The van der Waals surface area contributed by atoms with Crippen molar-refractivity contribution >= 4 is 5.91 Å². The maximum atomic E-state index is 11.3. The van der Waals surface area contributed by atoms with E-state index in [0.29, 0.717) is 6.42 Å². The third-order valence-electron chi connectivity index (χ3n) is 1.98. The molecule has 0 radical (unpaired) electrons. The molecule has 1 aliphatic rings. The number of piperazine rings is 1. The van der Waals surface area contributed by atoms with Crippen molar-refractivity contribution in [2.45, 2.75) is 18.9 Å². The summed E-state index contributed by atoms with van der Waals surface area (Å²) in [5.41, 5.74) is -0.431. The van der Waals surface area contributed by atoms with Gasteiger partial charge < -0.3 is 10.6 Å². The molecule has 0 saturated carbocycles. The predicted octanol–water partition coefficient (Wildman–Crippen LogP) is 0.0406. The third-order valence-corrected chi connectivity index (χ3v) is 1.98. The molecule has 0 aromatic heterocycles. The Bertz CT molecular complexity index is 179. The van der Waals surface area contributed by atoms with E-state index in [-0.39, 0.29) is 5.91 Å². The first-order valence-corrected chi connectivity index (χ1v) is 3.83. The molecule has 1 amide bonds. The van der Waals surface area contributed by atoms with Crippen LogP contribution in [0.4, 0.5) is 0 Å². The van der Waals surface area contributed by atoms with Crippen LogP contribution in [0.5, 0.6) is 0 Å². The Kier molecular flexibility index (Phi) is 2.29. The Morgan fingerprint density at radius 3 is 3.00 bits per heavy atom. The summed E-state index contributed by atoms with van der Waals surface area (Å²) in [5.74, 6) is 0.0728. The van der Waals surface area contributed by atoms with Crippen LogP contribution < -0.4 is 10.6 Å². The van der Waals surface area contributed by atoms with Gasteiger partial charge in [-0.1, -0.05) is 6.08 Å². The summed E-state index contributed by atoms with van der Waals surface area (Å²) >= 11 is 0. The van der Waals surface area contributed by atoms with Crippen LogP contribution in [0.1, 0.15) is 13.3 Å². The van der Waals surface area contributed by atoms with E-state index in [1.54, 1.807) is 6.08 Å². The topological polar surface area (TPSA) is 41.1 Å². The Morgan fingerprint density at radius 2 is 2.45 bits per heavy atom. The second-order valence-corrected chi connectivity index (χ2v) is 3.01. The van der Waals surface area contributed by atoms with Crippen LogP contribution >= 0.6 is 0 Å². The molecule has 0 bridgehead atoms. The van der Waals surface area contributed by atoms with Crippen molar-refractivity contribution in [3.63, 3.8) is 0 Å². The average Bonchev–Trinajstić information content (AvgIpc) is 1.96. The highest BCUT2D eigenvalue weighted by molar-refractivity contribution is 5.86. The molecule has 3 nitrogen and oxygen atoms in total. The third kappa shape index (κ3) is 1.60. The first-order chi connectivity index (χ1) is 5.19. The first kappa shape index (κ1) is 8.27. The molecule has 1 fully saturated rings. The Morgan fingerprint density at radius 1 is 1.73 bits per heavy atom. The lowest BCUT2D eigenvalue weighted by Crippen LogP contribution is -2.61. The number of hydrogen-bond donors (Lipinski definition) is 2. The summed E-state index contributed by atoms with van der Waals surface area (Å²) in [4.78, 5) is 11.3. The number of hydrogen-bond acceptors (Lipinski definition) is 2. The average molecular weight is 154 g/mol. The lowest BCUT2D eigenvalue weighted by atomic mass is 9.95. The maximum Gasteiger partial charge on any atom is 0.240 e. The van der Waals surface area contributed by atoms with Crippen molar-refractivity contribution in [1.82, 2.24) is 10.6 Å². The minimum atomic E-state index is -0.431. The summed E-state index contributed by atoms with van der Waals surface area (Å²) in [6.45, 7) is 7.08. The minimum absolute atomic E-state index is 0.0728. The number of carbonyl (C=O) groups is 1. The van der Waals surface area contributed by atoms with Crippen molar-refractivity contribution in [2.24, 2.45) is 0 Å². The molecule has 1 atom stereocenters. The zero-order valence-electron chi connectivity index (χ0n) is 6.81. The van der Waals surface area contributed by atoms with Crippen molar-refractivity contribution in [3.8, 4) is 0 Å². The number of amides is 1. The largest absolute Gasteiger partial charge is 0.353 e. The molecule has 1 rings (SSSR count). The van der Waals surface area contributed by atoms with Gasteiger partial charge in [-0.05, 0) is 13.3 Å². The summed E-state index contributed by atoms with van der Waals surface area (Å²) < 4.78 is 0. The van der Waals surface area contributed by atoms with E-state index in [2.05, 4.69) is 17.2 Å². The van der Waals surface area contributed by atoms with Gasteiger partial charge in [-0.15, -0.1) is 6.58 Å². The second-order valence-electron chi connectivity index (χ2n) is 3.01. The van der Waals surface area contributed by atoms with Gasteiger partial charge >= 0.3 is 0 Å². The van der Waals surface area contributed by atoms with Gasteiger partial charge in [0.2, 0.25) is 5.91 Å². The normalized spacial score (nSPS) is 31.2. The second kappa shape index (κ2) is 3.05. The Balaban J connectivity index is 2.64. The van der Waals surface area contributed by atoms with E-state index in [1.807, 2.05) is 6.92 Å². The van der Waals surface area contributed by atoms with Crippen LogP contribution in [0.15, 0.2) is 12.7 Å². The van der Waals surface area contributed by atoms with E-state index in [9.17, 15) is 4.79 Å². The molecule has 11 heavy (non-hydrogen) atoms. The SMILES string of the molecule is C=CCC1(C)NCCNC1=O. The van der Waals surface area contributed by atoms with Gasteiger partial charge in [-0.2, -0.15) is 0 Å². The molecule has 1 heterocycles. The molecule has 0 spiro atoms. The fourth-order valence-electron chi connectivity index (χ4n) is 1.24. The van der Waals surface area contributed by atoms with Crippen LogP contribution in [0, 0.1) is 0 Å². The highest BCUT2D eigenvalue weighted by Crippen LogP contribution is 2.11. The summed E-state index contributed by atoms with van der Waals surface area (Å²) in [7, 11) is 0. The van der Waals surface area contributed by atoms with Gasteiger partial charge in [0, 0.05) is 13.1 Å². The molecular weight excluding hydrogens is 140 g/mol. The molecule has 0 aromatic rings. The van der Waals surface area contributed by atoms with Gasteiger partial charge in [0.15, 0.2) is 0 Å². The van der Waals surface area contributed by atoms with Crippen molar-refractivity contribution in [2.75, 3.05) is 13.1 Å². The zero-order chi connectivity index (χ0) is 8.32. The summed E-state index contributed by atoms with van der Waals surface area (Å²) in [5, 5.41) is 5.97. The highest BCUT2D eigenvalue weighted by atomic mass is 16.2. The lowest BCUT2D eigenvalue weighted by Gasteiger charge is -2.32. The van der Waals surface area contributed by atoms with Crippen molar-refractivity contribution in [3.05, 3.63) is 12.7 Å². The van der Waals surface area contributed by atoms with Crippen LogP contribution in [-0.4, -0.2) is 24.5 Å². The smallest absolute Gasteiger partial charge is 0.240 e. The van der Waals surface area contributed by atoms with Gasteiger partial charge in [-0.25, -0.2) is 0 Å². The van der Waals surface area contributed by atoms with Crippen LogP contribution in [0.3, 0.4) is 0 Å². The molecule has 0 aliphatic carbocycles. The van der Waals surface area contributed by atoms with Crippen LogP contribution in [0.25, 0.3) is 0 Å². The number of rotatable bonds is 2. The standard InChI is InChI=1S/C8H14N2O/c1-3-4-8(2)7(11)9-5-6-10-8/h3,10H,1,4-6H2,2H3,(H,9,11). The molecule has 1 aliphatic heterocycles. The lowest BCUT2D eigenvalue weighted by molar-refractivity contribution is -0.128. The van der Waals surface area contributed by atoms with E-state index >= 15 is 0 Å². The highest BCUT2D eigenvalue weighted by Gasteiger charge is 2.33. The molecule has 0 aromatic carbocycles. The maximum absolute atomic E-state index is 11.3. The molecule has 62 valence electrons. The van der Waals surface area contributed by atoms with Gasteiger partial charge in [0.1, 0.15) is 0 Å². The zero-order valence-corrected chi connectivity index (χ0v) is 6.81. The monoisotopic (exact) mass is 154 g/mol. The van der Waals surface area contributed by atoms with Crippen LogP contribution in [-0.2, 0) is 4.79 Å². The molecule has 1 saturated heterocycles. The Labute approximate surface area is 66.9 Å². The molecular formula is C8H14N2O. The Hall–Kier alpha value is -0.830. The quantitative estimate of drug-likeness (QED) is 0.551. The predicted molar refractivity (Wildman–Crippen MR) is 44.2 cm³/mol. The minimum Gasteiger partial charge on any atom is -0.353 e. The summed E-state index contributed by atoms with van der Waals surface area (Å²) in [6, 6.07) is 0. The summed E-state index contributed by atoms with van der Waals surface area (Å²) in [6.07, 6.45) is 2.44. The number of nitrogens with one attached hydrogen (secondary N) is 2.